The second-order valence-corrected chi connectivity index (χ2v) is 6.71. The first-order valence-electron chi connectivity index (χ1n) is 7.16. The average Bonchev–Trinajstić information content (AvgIpc) is 2.58. The highest BCUT2D eigenvalue weighted by Gasteiger charge is 2.11. The van der Waals surface area contributed by atoms with Crippen molar-refractivity contribution in [2.75, 3.05) is 5.32 Å². The predicted molar refractivity (Wildman–Crippen MR) is 104 cm³/mol. The van der Waals surface area contributed by atoms with Crippen molar-refractivity contribution in [3.8, 4) is 11.8 Å². The molecule has 8 heteroatoms. The second kappa shape index (κ2) is 8.86. The summed E-state index contributed by atoms with van der Waals surface area (Å²) in [4.78, 5) is 23.3. The standard InChI is InChI=1S/C18H11BrCl2N2O3/c1-10(24)26-17-5-2-11(7-14(17)19)6-12(9-22)18(25)23-13-3-4-15(20)16(21)8-13/h2-8H,1H3,(H,23,25)/b12-6-. The van der Waals surface area contributed by atoms with Crippen molar-refractivity contribution in [3.05, 3.63) is 62.1 Å². The van der Waals surface area contributed by atoms with E-state index < -0.39 is 11.9 Å². The summed E-state index contributed by atoms with van der Waals surface area (Å²) in [6.07, 6.45) is 1.41. The van der Waals surface area contributed by atoms with Crippen LogP contribution in [0, 0.1) is 11.3 Å². The van der Waals surface area contributed by atoms with Crippen LogP contribution in [0.4, 0.5) is 5.69 Å². The van der Waals surface area contributed by atoms with Crippen molar-refractivity contribution in [1.82, 2.24) is 0 Å². The number of amides is 1. The van der Waals surface area contributed by atoms with Crippen LogP contribution < -0.4 is 10.1 Å². The number of anilines is 1. The first-order chi connectivity index (χ1) is 12.3. The summed E-state index contributed by atoms with van der Waals surface area (Å²) < 4.78 is 5.52. The number of carbonyl (C=O) groups is 2. The lowest BCUT2D eigenvalue weighted by atomic mass is 10.1. The number of ether oxygens (including phenoxy) is 1. The molecule has 2 aromatic carbocycles. The zero-order valence-electron chi connectivity index (χ0n) is 13.3. The molecule has 0 aliphatic rings. The lowest BCUT2D eigenvalue weighted by Crippen LogP contribution is -2.13. The monoisotopic (exact) mass is 452 g/mol. The summed E-state index contributed by atoms with van der Waals surface area (Å²) in [5, 5.41) is 12.5. The van der Waals surface area contributed by atoms with E-state index in [1.807, 2.05) is 6.07 Å². The van der Waals surface area contributed by atoms with Gasteiger partial charge in [0.05, 0.1) is 14.5 Å². The summed E-state index contributed by atoms with van der Waals surface area (Å²) in [7, 11) is 0. The van der Waals surface area contributed by atoms with Crippen molar-refractivity contribution in [3.63, 3.8) is 0 Å². The van der Waals surface area contributed by atoms with Crippen molar-refractivity contribution in [2.45, 2.75) is 6.92 Å². The Morgan fingerprint density at radius 3 is 2.50 bits per heavy atom. The number of hydrogen-bond acceptors (Lipinski definition) is 4. The fourth-order valence-electron chi connectivity index (χ4n) is 1.93. The van der Waals surface area contributed by atoms with E-state index in [0.717, 1.165) is 0 Å². The average molecular weight is 454 g/mol. The first kappa shape index (κ1) is 20.0. The summed E-state index contributed by atoms with van der Waals surface area (Å²) >= 11 is 15.0. The van der Waals surface area contributed by atoms with Gasteiger partial charge in [-0.05, 0) is 57.9 Å². The van der Waals surface area contributed by atoms with Gasteiger partial charge in [-0.3, -0.25) is 9.59 Å². The van der Waals surface area contributed by atoms with Crippen LogP contribution in [0.2, 0.25) is 10.0 Å². The molecule has 0 aliphatic heterocycles. The van der Waals surface area contributed by atoms with Crippen LogP contribution in [-0.2, 0) is 9.59 Å². The van der Waals surface area contributed by atoms with E-state index in [4.69, 9.17) is 27.9 Å². The maximum absolute atomic E-state index is 12.3. The summed E-state index contributed by atoms with van der Waals surface area (Å²) in [6.45, 7) is 1.29. The highest BCUT2D eigenvalue weighted by Crippen LogP contribution is 2.28. The van der Waals surface area contributed by atoms with E-state index in [9.17, 15) is 14.9 Å². The molecular weight excluding hydrogens is 443 g/mol. The molecule has 0 saturated carbocycles. The number of halogens is 3. The lowest BCUT2D eigenvalue weighted by Gasteiger charge is -2.07. The fourth-order valence-corrected chi connectivity index (χ4v) is 2.71. The third kappa shape index (κ3) is 5.33. The van der Waals surface area contributed by atoms with E-state index in [-0.39, 0.29) is 10.6 Å². The number of nitrogens with one attached hydrogen (secondary N) is 1. The van der Waals surface area contributed by atoms with Crippen molar-refractivity contribution in [1.29, 1.82) is 5.26 Å². The molecule has 26 heavy (non-hydrogen) atoms. The molecule has 0 heterocycles. The quantitative estimate of drug-likeness (QED) is 0.297. The highest BCUT2D eigenvalue weighted by molar-refractivity contribution is 9.10. The minimum atomic E-state index is -0.592. The van der Waals surface area contributed by atoms with E-state index >= 15 is 0 Å². The van der Waals surface area contributed by atoms with Gasteiger partial charge in [-0.15, -0.1) is 0 Å². The molecule has 0 fully saturated rings. The van der Waals surface area contributed by atoms with Gasteiger partial charge in [0.1, 0.15) is 17.4 Å². The summed E-state index contributed by atoms with van der Waals surface area (Å²) in [5.41, 5.74) is 0.883. The molecule has 0 bridgehead atoms. The molecule has 0 radical (unpaired) electrons. The number of hydrogen-bond donors (Lipinski definition) is 1. The van der Waals surface area contributed by atoms with Gasteiger partial charge < -0.3 is 10.1 Å². The van der Waals surface area contributed by atoms with Crippen molar-refractivity contribution < 1.29 is 14.3 Å². The number of nitriles is 1. The minimum Gasteiger partial charge on any atom is -0.426 e. The molecule has 0 aromatic heterocycles. The zero-order chi connectivity index (χ0) is 19.3. The molecule has 1 amide bonds. The maximum Gasteiger partial charge on any atom is 0.308 e. The maximum atomic E-state index is 12.3. The Labute approximate surface area is 168 Å². The summed E-state index contributed by atoms with van der Waals surface area (Å²) in [6, 6.07) is 11.3. The SMILES string of the molecule is CC(=O)Oc1ccc(/C=C(/C#N)C(=O)Nc2ccc(Cl)c(Cl)c2)cc1Br. The molecule has 0 atom stereocenters. The first-order valence-corrected chi connectivity index (χ1v) is 8.71. The Balaban J connectivity index is 2.22. The molecule has 1 N–H and O–H groups in total. The Bertz CT molecular complexity index is 952. The Morgan fingerprint density at radius 1 is 1.19 bits per heavy atom. The Morgan fingerprint density at radius 2 is 1.92 bits per heavy atom. The van der Waals surface area contributed by atoms with Crippen LogP contribution in [0.5, 0.6) is 5.75 Å². The number of carbonyl (C=O) groups excluding carboxylic acids is 2. The molecule has 2 rings (SSSR count). The smallest absolute Gasteiger partial charge is 0.308 e. The van der Waals surface area contributed by atoms with Gasteiger partial charge in [-0.25, -0.2) is 0 Å². The van der Waals surface area contributed by atoms with Gasteiger partial charge in [-0.1, -0.05) is 29.3 Å². The lowest BCUT2D eigenvalue weighted by molar-refractivity contribution is -0.131. The van der Waals surface area contributed by atoms with Gasteiger partial charge in [0.2, 0.25) is 0 Å². The fraction of sp³-hybridized carbons (Fsp3) is 0.0556. The van der Waals surface area contributed by atoms with Crippen molar-refractivity contribution in [2.24, 2.45) is 0 Å². The largest absolute Gasteiger partial charge is 0.426 e. The van der Waals surface area contributed by atoms with Crippen molar-refractivity contribution >= 4 is 62.8 Å². The Kier molecular flexibility index (Phi) is 6.81. The van der Waals surface area contributed by atoms with Gasteiger partial charge in [0.25, 0.3) is 5.91 Å². The van der Waals surface area contributed by atoms with Crippen LogP contribution in [0.25, 0.3) is 6.08 Å². The molecule has 2 aromatic rings. The van der Waals surface area contributed by atoms with Gasteiger partial charge >= 0.3 is 5.97 Å². The van der Waals surface area contributed by atoms with Crippen LogP contribution in [0.3, 0.4) is 0 Å². The third-order valence-electron chi connectivity index (χ3n) is 3.06. The third-order valence-corrected chi connectivity index (χ3v) is 4.42. The summed E-state index contributed by atoms with van der Waals surface area (Å²) in [5.74, 6) is -0.702. The molecular formula is C18H11BrCl2N2O3. The molecule has 0 spiro atoms. The van der Waals surface area contributed by atoms with E-state index in [1.54, 1.807) is 30.3 Å². The number of benzene rings is 2. The van der Waals surface area contributed by atoms with Gasteiger partial charge in [0.15, 0.2) is 0 Å². The van der Waals surface area contributed by atoms with Crippen LogP contribution in [0.1, 0.15) is 12.5 Å². The number of rotatable bonds is 4. The number of esters is 1. The van der Waals surface area contributed by atoms with E-state index in [1.165, 1.54) is 19.1 Å². The number of nitrogens with zero attached hydrogens (tertiary/aromatic N) is 1. The van der Waals surface area contributed by atoms with Crippen LogP contribution >= 0.6 is 39.1 Å². The minimum absolute atomic E-state index is 0.108. The Hall–Kier alpha value is -2.33. The zero-order valence-corrected chi connectivity index (χ0v) is 16.4. The normalized spacial score (nSPS) is 10.8. The van der Waals surface area contributed by atoms with Crippen LogP contribution in [0.15, 0.2) is 46.4 Å². The van der Waals surface area contributed by atoms with Gasteiger partial charge in [0, 0.05) is 12.6 Å². The van der Waals surface area contributed by atoms with Crippen LogP contribution in [-0.4, -0.2) is 11.9 Å². The predicted octanol–water partition coefficient (Wildman–Crippen LogP) is 5.23. The molecule has 5 nitrogen and oxygen atoms in total. The van der Waals surface area contributed by atoms with E-state index in [0.29, 0.717) is 26.5 Å². The van der Waals surface area contributed by atoms with E-state index in [2.05, 4.69) is 21.2 Å². The van der Waals surface area contributed by atoms with Gasteiger partial charge in [-0.2, -0.15) is 5.26 Å². The molecule has 0 saturated heterocycles. The topological polar surface area (TPSA) is 79.2 Å². The molecule has 0 unspecified atom stereocenters. The highest BCUT2D eigenvalue weighted by atomic mass is 79.9. The second-order valence-electron chi connectivity index (χ2n) is 5.04. The molecule has 132 valence electrons. The molecule has 0 aliphatic carbocycles.